The monoisotopic (exact) mass is 207 g/mol. The van der Waals surface area contributed by atoms with Crippen LogP contribution < -0.4 is 5.32 Å². The molecule has 1 aromatic rings. The van der Waals surface area contributed by atoms with E-state index in [0.717, 1.165) is 0 Å². The summed E-state index contributed by atoms with van der Waals surface area (Å²) in [5, 5.41) is 3.62. The van der Waals surface area contributed by atoms with Crippen LogP contribution in [0.3, 0.4) is 0 Å². The molecule has 14 heavy (non-hydrogen) atoms. The third-order valence-corrected chi connectivity index (χ3v) is 4.99. The fraction of sp³-hybridized carbons (Fsp3) is 0.667. The molecular formula is C12H17NS. The Morgan fingerprint density at radius 3 is 2.57 bits per heavy atom. The predicted octanol–water partition coefficient (Wildman–Crippen LogP) is 3.18. The SMILES string of the molecule is Cc1cc(C2NCC23CCC3)c(C)s1. The molecule has 1 N–H and O–H groups in total. The van der Waals surface area contributed by atoms with Crippen LogP contribution in [-0.2, 0) is 0 Å². The lowest BCUT2D eigenvalue weighted by Gasteiger charge is -2.57. The van der Waals surface area contributed by atoms with Gasteiger partial charge < -0.3 is 5.32 Å². The van der Waals surface area contributed by atoms with Crippen molar-refractivity contribution in [2.24, 2.45) is 5.41 Å². The minimum atomic E-state index is 0.665. The summed E-state index contributed by atoms with van der Waals surface area (Å²) in [7, 11) is 0. The van der Waals surface area contributed by atoms with Gasteiger partial charge >= 0.3 is 0 Å². The average molecular weight is 207 g/mol. The maximum absolute atomic E-state index is 3.62. The number of hydrogen-bond acceptors (Lipinski definition) is 2. The van der Waals surface area contributed by atoms with E-state index in [-0.39, 0.29) is 0 Å². The maximum atomic E-state index is 3.62. The lowest BCUT2D eigenvalue weighted by molar-refractivity contribution is -0.00572. The first-order valence-electron chi connectivity index (χ1n) is 5.52. The number of thiophene rings is 1. The van der Waals surface area contributed by atoms with Gasteiger partial charge in [0.15, 0.2) is 0 Å². The second-order valence-electron chi connectivity index (χ2n) is 4.90. The van der Waals surface area contributed by atoms with Crippen LogP contribution >= 0.6 is 11.3 Å². The molecular weight excluding hydrogens is 190 g/mol. The Morgan fingerprint density at radius 2 is 2.21 bits per heavy atom. The molecule has 0 radical (unpaired) electrons. The quantitative estimate of drug-likeness (QED) is 0.746. The maximum Gasteiger partial charge on any atom is 0.0400 e. The molecule has 0 amide bonds. The van der Waals surface area contributed by atoms with Gasteiger partial charge in [0.1, 0.15) is 0 Å². The van der Waals surface area contributed by atoms with Crippen molar-refractivity contribution >= 4 is 11.3 Å². The second-order valence-corrected chi connectivity index (χ2v) is 6.36. The van der Waals surface area contributed by atoms with Gasteiger partial charge in [-0.25, -0.2) is 0 Å². The first kappa shape index (κ1) is 8.93. The molecule has 2 heteroatoms. The Morgan fingerprint density at radius 1 is 1.43 bits per heavy atom. The molecule has 2 aliphatic rings. The Labute approximate surface area is 89.5 Å². The molecule has 1 unspecified atom stereocenters. The summed E-state index contributed by atoms with van der Waals surface area (Å²) in [5.74, 6) is 0. The van der Waals surface area contributed by atoms with Crippen LogP contribution in [-0.4, -0.2) is 6.54 Å². The number of aryl methyl sites for hydroxylation is 2. The zero-order valence-electron chi connectivity index (χ0n) is 8.89. The van der Waals surface area contributed by atoms with Crippen molar-refractivity contribution in [1.29, 1.82) is 0 Å². The van der Waals surface area contributed by atoms with Crippen LogP contribution in [0.2, 0.25) is 0 Å². The molecule has 1 aliphatic carbocycles. The predicted molar refractivity (Wildman–Crippen MR) is 60.8 cm³/mol. The van der Waals surface area contributed by atoms with Gasteiger partial charge in [0.2, 0.25) is 0 Å². The largest absolute Gasteiger partial charge is 0.309 e. The van der Waals surface area contributed by atoms with Crippen LogP contribution in [0.4, 0.5) is 0 Å². The van der Waals surface area contributed by atoms with E-state index in [4.69, 9.17) is 0 Å². The molecule has 1 aromatic heterocycles. The lowest BCUT2D eigenvalue weighted by atomic mass is 9.58. The van der Waals surface area contributed by atoms with E-state index in [1.54, 1.807) is 5.56 Å². The molecule has 0 aromatic carbocycles. The summed E-state index contributed by atoms with van der Waals surface area (Å²) >= 11 is 1.94. The van der Waals surface area contributed by atoms with Gasteiger partial charge in [-0.3, -0.25) is 0 Å². The second kappa shape index (κ2) is 2.83. The van der Waals surface area contributed by atoms with Crippen molar-refractivity contribution < 1.29 is 0 Å². The van der Waals surface area contributed by atoms with E-state index < -0.39 is 0 Å². The highest BCUT2D eigenvalue weighted by atomic mass is 32.1. The van der Waals surface area contributed by atoms with Gasteiger partial charge in [-0.2, -0.15) is 0 Å². The van der Waals surface area contributed by atoms with E-state index in [2.05, 4.69) is 25.2 Å². The van der Waals surface area contributed by atoms with Crippen LogP contribution in [0.15, 0.2) is 6.07 Å². The molecule has 2 heterocycles. The highest BCUT2D eigenvalue weighted by molar-refractivity contribution is 7.12. The Kier molecular flexibility index (Phi) is 1.80. The summed E-state index contributed by atoms with van der Waals surface area (Å²) < 4.78 is 0. The van der Waals surface area contributed by atoms with Crippen molar-refractivity contribution in [3.05, 3.63) is 21.4 Å². The zero-order valence-corrected chi connectivity index (χ0v) is 9.71. The van der Waals surface area contributed by atoms with Gasteiger partial charge in [0.05, 0.1) is 0 Å². The van der Waals surface area contributed by atoms with Crippen molar-refractivity contribution in [1.82, 2.24) is 5.32 Å². The van der Waals surface area contributed by atoms with Crippen molar-refractivity contribution in [3.8, 4) is 0 Å². The molecule has 1 aliphatic heterocycles. The Hall–Kier alpha value is -0.340. The summed E-state index contributed by atoms with van der Waals surface area (Å²) in [6.45, 7) is 5.73. The minimum absolute atomic E-state index is 0.665. The van der Waals surface area contributed by atoms with Crippen molar-refractivity contribution in [3.63, 3.8) is 0 Å². The first-order chi connectivity index (χ1) is 6.71. The highest BCUT2D eigenvalue weighted by Gasteiger charge is 2.51. The van der Waals surface area contributed by atoms with Gasteiger partial charge in [-0.15, -0.1) is 11.3 Å². The number of nitrogens with one attached hydrogen (secondary N) is 1. The third-order valence-electron chi connectivity index (χ3n) is 4.01. The third kappa shape index (κ3) is 1.04. The first-order valence-corrected chi connectivity index (χ1v) is 6.33. The number of rotatable bonds is 1. The van der Waals surface area contributed by atoms with Crippen LogP contribution in [0.25, 0.3) is 0 Å². The van der Waals surface area contributed by atoms with Crippen molar-refractivity contribution in [2.75, 3.05) is 6.54 Å². The molecule has 76 valence electrons. The standard InChI is InChI=1S/C12H17NS/c1-8-6-10(9(2)14-8)11-12(7-13-11)4-3-5-12/h6,11,13H,3-5,7H2,1-2H3. The molecule has 1 nitrogen and oxygen atoms in total. The van der Waals surface area contributed by atoms with E-state index >= 15 is 0 Å². The molecule has 1 saturated carbocycles. The van der Waals surface area contributed by atoms with Gasteiger partial charge in [-0.05, 0) is 38.3 Å². The summed E-state index contributed by atoms with van der Waals surface area (Å²) in [4.78, 5) is 2.98. The summed E-state index contributed by atoms with van der Waals surface area (Å²) in [6, 6.07) is 3.07. The van der Waals surface area contributed by atoms with Gasteiger partial charge in [0.25, 0.3) is 0 Å². The van der Waals surface area contributed by atoms with Crippen LogP contribution in [0, 0.1) is 19.3 Å². The van der Waals surface area contributed by atoms with Crippen LogP contribution in [0.1, 0.15) is 40.6 Å². The Balaban J connectivity index is 1.92. The van der Waals surface area contributed by atoms with Crippen molar-refractivity contribution in [2.45, 2.75) is 39.2 Å². The minimum Gasteiger partial charge on any atom is -0.309 e. The van der Waals surface area contributed by atoms with Gasteiger partial charge in [-0.1, -0.05) is 6.42 Å². The number of hydrogen-bond donors (Lipinski definition) is 1. The fourth-order valence-electron chi connectivity index (χ4n) is 2.97. The van der Waals surface area contributed by atoms with E-state index in [1.165, 1.54) is 35.6 Å². The molecule has 1 spiro atoms. The molecule has 2 fully saturated rings. The summed E-state index contributed by atoms with van der Waals surface area (Å²) in [6.07, 6.45) is 4.33. The van der Waals surface area contributed by atoms with Crippen LogP contribution in [0.5, 0.6) is 0 Å². The fourth-order valence-corrected chi connectivity index (χ4v) is 3.93. The topological polar surface area (TPSA) is 12.0 Å². The molecule has 0 bridgehead atoms. The normalized spacial score (nSPS) is 28.6. The smallest absolute Gasteiger partial charge is 0.0400 e. The Bertz CT molecular complexity index is 357. The molecule has 3 rings (SSSR count). The highest BCUT2D eigenvalue weighted by Crippen LogP contribution is 2.56. The van der Waals surface area contributed by atoms with Gasteiger partial charge in [0, 0.05) is 27.8 Å². The summed E-state index contributed by atoms with van der Waals surface area (Å²) in [5.41, 5.74) is 2.25. The average Bonchev–Trinajstić information content (AvgIpc) is 2.25. The molecule has 1 atom stereocenters. The molecule has 1 saturated heterocycles. The van der Waals surface area contributed by atoms with E-state index in [1.807, 2.05) is 11.3 Å². The van der Waals surface area contributed by atoms with E-state index in [0.29, 0.717) is 11.5 Å². The zero-order chi connectivity index (χ0) is 9.76. The lowest BCUT2D eigenvalue weighted by Crippen LogP contribution is -2.59. The van der Waals surface area contributed by atoms with E-state index in [9.17, 15) is 0 Å².